The molecule has 7 aromatic rings. The molecule has 0 radical (unpaired) electrons. The van der Waals surface area contributed by atoms with E-state index in [1.807, 2.05) is 84.6 Å². The number of carbonyl (C=O) groups is 4. The van der Waals surface area contributed by atoms with Gasteiger partial charge in [-0.25, -0.2) is 14.8 Å². The monoisotopic (exact) mass is 1050 g/mol. The second-order valence-corrected chi connectivity index (χ2v) is 21.5. The Morgan fingerprint density at radius 3 is 2.49 bits per heavy atom. The van der Waals surface area contributed by atoms with Gasteiger partial charge in [0, 0.05) is 68.4 Å². The third-order valence-corrected chi connectivity index (χ3v) is 16.8. The molecular weight excluding hydrogens is 996 g/mol. The Hall–Kier alpha value is -7.38. The Morgan fingerprint density at radius 2 is 1.70 bits per heavy atom. The predicted octanol–water partition coefficient (Wildman–Crippen LogP) is 10.1. The summed E-state index contributed by atoms with van der Waals surface area (Å²) < 4.78 is 53.4. The van der Waals surface area contributed by atoms with Crippen LogP contribution >= 0.6 is 11.3 Å². The van der Waals surface area contributed by atoms with Crippen molar-refractivity contribution in [2.45, 2.75) is 95.5 Å². The van der Waals surface area contributed by atoms with E-state index >= 15 is 0 Å². The molecule has 0 spiro atoms. The third kappa shape index (κ3) is 10.3. The van der Waals surface area contributed by atoms with E-state index in [1.54, 1.807) is 39.7 Å². The molecule has 3 aromatic heterocycles. The molecule has 11 rings (SSSR count). The standard InChI is InChI=1S/C57H58F3N9O6S/c1-33-38(39-21-23-49(62-52(39)55(73)74)69-27-25-35-9-5-11-40(43(35)31-69)53(71)64-56-61-44-12-3-4-14-47(44)76-56)10-6-13-46(33)75-37-18-15-34(16-19-37)8-7-26-67-28-29-68(32-48(67)57(58,59)60)36-17-20-41-45(30-36)66(2)65-51(41)42-22-24-50(70)63-54(42)72/h3-6,9-14,17,20-21,23,30,34,37,42,48H,7-8,15-16,18-19,22,24-29,31-32H2,1-2H3,(H,73,74)(H,61,64,71)(H,63,70,72). The lowest BCUT2D eigenvalue weighted by Gasteiger charge is -2.43. The minimum Gasteiger partial charge on any atom is -0.490 e. The number of pyridine rings is 1. The number of piperazine rings is 1. The number of amides is 3. The fraction of sp³-hybridized carbons (Fsp3) is 0.386. The van der Waals surface area contributed by atoms with Crippen LogP contribution in [0.4, 0.5) is 29.8 Å². The number of rotatable bonds is 13. The molecule has 15 nitrogen and oxygen atoms in total. The molecule has 3 amide bonds. The number of para-hydroxylation sites is 1. The Balaban J connectivity index is 0.688. The van der Waals surface area contributed by atoms with Crippen LogP contribution in [0.15, 0.2) is 91.0 Å². The summed E-state index contributed by atoms with van der Waals surface area (Å²) in [6.45, 7) is 3.75. The molecule has 4 aromatic carbocycles. The number of carbonyl (C=O) groups excluding carboxylic acids is 3. The Morgan fingerprint density at radius 1 is 0.882 bits per heavy atom. The van der Waals surface area contributed by atoms with Gasteiger partial charge in [0.1, 0.15) is 17.6 Å². The number of aromatic carboxylic acids is 1. The minimum atomic E-state index is -4.42. The predicted molar refractivity (Wildman–Crippen MR) is 285 cm³/mol. The maximum atomic E-state index is 14.7. The van der Waals surface area contributed by atoms with Gasteiger partial charge in [0.25, 0.3) is 5.91 Å². The van der Waals surface area contributed by atoms with Gasteiger partial charge in [-0.1, -0.05) is 47.7 Å². The topological polar surface area (TPSA) is 175 Å². The highest BCUT2D eigenvalue weighted by Crippen LogP contribution is 2.39. The fourth-order valence-electron chi connectivity index (χ4n) is 11.7. The Kier molecular flexibility index (Phi) is 14.0. The van der Waals surface area contributed by atoms with Crippen molar-refractivity contribution in [2.24, 2.45) is 13.0 Å². The number of halogens is 3. The van der Waals surface area contributed by atoms with Crippen molar-refractivity contribution >= 4 is 72.8 Å². The zero-order chi connectivity index (χ0) is 52.8. The van der Waals surface area contributed by atoms with Crippen LogP contribution in [0.1, 0.15) is 101 Å². The van der Waals surface area contributed by atoms with Crippen molar-refractivity contribution in [1.82, 2.24) is 30.0 Å². The van der Waals surface area contributed by atoms with Crippen LogP contribution < -0.4 is 25.2 Å². The molecule has 3 fully saturated rings. The van der Waals surface area contributed by atoms with Crippen LogP contribution in [0.2, 0.25) is 0 Å². The molecule has 4 aliphatic rings. The number of thiazole rings is 1. The number of anilines is 3. The summed E-state index contributed by atoms with van der Waals surface area (Å²) in [7, 11) is 1.75. The van der Waals surface area contributed by atoms with Crippen LogP contribution in [0.5, 0.6) is 5.75 Å². The van der Waals surface area contributed by atoms with Crippen molar-refractivity contribution in [3.05, 3.63) is 125 Å². The third-order valence-electron chi connectivity index (χ3n) is 15.8. The SMILES string of the molecule is Cc1c(OC2CCC(CCCN3CCN(c4ccc5c(C6CCC(=O)NC6=O)nn(C)c5c4)CC3C(F)(F)F)CC2)cccc1-c1ccc(N2CCc3cccc(C(=O)Nc4nc5ccccc5s4)c3C2)nc1C(=O)O. The first-order valence-corrected chi connectivity index (χ1v) is 26.9. The molecule has 0 bridgehead atoms. The second-order valence-electron chi connectivity index (χ2n) is 20.5. The maximum absolute atomic E-state index is 14.7. The maximum Gasteiger partial charge on any atom is 0.405 e. The number of fused-ring (bicyclic) bond motifs is 3. The van der Waals surface area contributed by atoms with Crippen LogP contribution in [-0.2, 0) is 29.6 Å². The van der Waals surface area contributed by atoms with Gasteiger partial charge in [-0.05, 0) is 148 Å². The van der Waals surface area contributed by atoms with Crippen molar-refractivity contribution < 1.29 is 42.2 Å². The number of aryl methyl sites for hydroxylation is 1. The molecule has 2 saturated heterocycles. The quantitative estimate of drug-likeness (QED) is 0.0934. The van der Waals surface area contributed by atoms with E-state index in [1.165, 1.54) is 11.3 Å². The normalized spacial score (nSPS) is 20.4. The number of piperidine rings is 1. The number of carboxylic acids is 1. The van der Waals surface area contributed by atoms with Crippen molar-refractivity contribution in [1.29, 1.82) is 0 Å². The van der Waals surface area contributed by atoms with Crippen molar-refractivity contribution in [2.75, 3.05) is 47.8 Å². The zero-order valence-corrected chi connectivity index (χ0v) is 43.1. The number of hydrogen-bond acceptors (Lipinski definition) is 12. The smallest absolute Gasteiger partial charge is 0.405 e. The summed E-state index contributed by atoms with van der Waals surface area (Å²) in [6.07, 6.45) is 1.62. The average Bonchev–Trinajstić information content (AvgIpc) is 3.99. The highest BCUT2D eigenvalue weighted by atomic mass is 32.1. The molecule has 1 saturated carbocycles. The lowest BCUT2D eigenvalue weighted by Crippen LogP contribution is -2.59. The lowest BCUT2D eigenvalue weighted by molar-refractivity contribution is -0.184. The van der Waals surface area contributed by atoms with E-state index in [9.17, 15) is 37.5 Å². The van der Waals surface area contributed by atoms with Gasteiger partial charge < -0.3 is 19.6 Å². The summed E-state index contributed by atoms with van der Waals surface area (Å²) in [4.78, 5) is 65.6. The highest BCUT2D eigenvalue weighted by molar-refractivity contribution is 7.22. The molecule has 3 N–H and O–H groups in total. The molecule has 19 heteroatoms. The van der Waals surface area contributed by atoms with Gasteiger partial charge in [-0.2, -0.15) is 18.3 Å². The summed E-state index contributed by atoms with van der Waals surface area (Å²) in [5.74, 6) is -1.15. The molecule has 2 atom stereocenters. The van der Waals surface area contributed by atoms with E-state index in [0.29, 0.717) is 102 Å². The number of alkyl halides is 3. The van der Waals surface area contributed by atoms with Gasteiger partial charge in [0.2, 0.25) is 11.8 Å². The van der Waals surface area contributed by atoms with Crippen molar-refractivity contribution in [3.8, 4) is 16.9 Å². The summed E-state index contributed by atoms with van der Waals surface area (Å²) in [5.41, 5.74) is 7.09. The second kappa shape index (κ2) is 21.0. The minimum absolute atomic E-state index is 0.0583. The largest absolute Gasteiger partial charge is 0.490 e. The summed E-state index contributed by atoms with van der Waals surface area (Å²) in [6, 6.07) is 26.5. The van der Waals surface area contributed by atoms with Gasteiger partial charge in [-0.15, -0.1) is 0 Å². The first kappa shape index (κ1) is 50.8. The van der Waals surface area contributed by atoms with Crippen LogP contribution in [-0.4, -0.2) is 104 Å². The number of aromatic nitrogens is 4. The van der Waals surface area contributed by atoms with E-state index in [0.717, 1.165) is 64.4 Å². The lowest BCUT2D eigenvalue weighted by atomic mass is 9.84. The Labute approximate surface area is 441 Å². The van der Waals surface area contributed by atoms with Crippen LogP contribution in [0.3, 0.4) is 0 Å². The van der Waals surface area contributed by atoms with E-state index in [2.05, 4.69) is 20.7 Å². The molecular formula is C57H58F3N9O6S. The van der Waals surface area contributed by atoms with Gasteiger partial charge in [0.05, 0.1) is 33.4 Å². The number of benzene rings is 4. The molecule has 2 unspecified atom stereocenters. The van der Waals surface area contributed by atoms with E-state index in [-0.39, 0.29) is 49.0 Å². The number of nitrogens with one attached hydrogen (secondary N) is 2. The van der Waals surface area contributed by atoms with E-state index in [4.69, 9.17) is 9.72 Å². The number of nitrogens with zero attached hydrogens (tertiary/aromatic N) is 7. The molecule has 6 heterocycles. The summed E-state index contributed by atoms with van der Waals surface area (Å²) in [5, 5.41) is 21.8. The molecule has 1 aliphatic carbocycles. The number of imide groups is 1. The van der Waals surface area contributed by atoms with Crippen LogP contribution in [0.25, 0.3) is 32.2 Å². The van der Waals surface area contributed by atoms with Gasteiger partial charge in [-0.3, -0.25) is 34.6 Å². The van der Waals surface area contributed by atoms with Crippen molar-refractivity contribution in [3.63, 3.8) is 0 Å². The molecule has 394 valence electrons. The van der Waals surface area contributed by atoms with E-state index < -0.39 is 24.1 Å². The first-order valence-electron chi connectivity index (χ1n) is 26.0. The molecule has 3 aliphatic heterocycles. The van der Waals surface area contributed by atoms with Gasteiger partial charge in [0.15, 0.2) is 10.8 Å². The van der Waals surface area contributed by atoms with Crippen LogP contribution in [0, 0.1) is 12.8 Å². The average molecular weight is 1050 g/mol. The summed E-state index contributed by atoms with van der Waals surface area (Å²) >= 11 is 1.41. The first-order chi connectivity index (χ1) is 36.6. The number of carboxylic acid groups (broad SMARTS) is 1. The number of hydrogen-bond donors (Lipinski definition) is 3. The highest BCUT2D eigenvalue weighted by Gasteiger charge is 2.46. The fourth-order valence-corrected chi connectivity index (χ4v) is 12.6. The molecule has 76 heavy (non-hydrogen) atoms. The van der Waals surface area contributed by atoms with Gasteiger partial charge >= 0.3 is 12.1 Å². The Bertz CT molecular complexity index is 3360. The number of ether oxygens (including phenoxy) is 1. The zero-order valence-electron chi connectivity index (χ0n) is 42.2.